The van der Waals surface area contributed by atoms with Crippen LogP contribution in [0.4, 0.5) is 8.78 Å². The van der Waals surface area contributed by atoms with Crippen LogP contribution in [0.25, 0.3) is 11.6 Å². The van der Waals surface area contributed by atoms with E-state index in [2.05, 4.69) is 19.9 Å². The van der Waals surface area contributed by atoms with Crippen LogP contribution in [-0.2, 0) is 12.8 Å². The topological polar surface area (TPSA) is 51.6 Å². The first-order valence-electron chi connectivity index (χ1n) is 10.2. The van der Waals surface area contributed by atoms with Crippen LogP contribution in [-0.4, -0.2) is 19.9 Å². The molecule has 4 rings (SSSR count). The fraction of sp³-hybridized carbons (Fsp3) is 0.391. The van der Waals surface area contributed by atoms with E-state index in [-0.39, 0.29) is 5.92 Å². The van der Waals surface area contributed by atoms with Crippen molar-refractivity contribution in [3.63, 3.8) is 0 Å². The van der Waals surface area contributed by atoms with Crippen LogP contribution in [0.15, 0.2) is 43.0 Å². The van der Waals surface area contributed by atoms with Gasteiger partial charge >= 0.3 is 0 Å². The summed E-state index contributed by atoms with van der Waals surface area (Å²) in [5.74, 6) is -0.0121. The first-order valence-corrected chi connectivity index (χ1v) is 10.2. The molecule has 2 heterocycles. The molecular formula is C23H24F2N4. The molecule has 3 aromatic rings. The lowest BCUT2D eigenvalue weighted by Gasteiger charge is -2.16. The number of hydrogen-bond donors (Lipinski definition) is 0. The van der Waals surface area contributed by atoms with Crippen molar-refractivity contribution >= 4 is 0 Å². The molecule has 150 valence electrons. The Morgan fingerprint density at radius 2 is 1.62 bits per heavy atom. The normalized spacial score (nSPS) is 15.6. The number of benzene rings is 1. The minimum absolute atomic E-state index is 0.0230. The third-order valence-corrected chi connectivity index (χ3v) is 5.69. The lowest BCUT2D eigenvalue weighted by molar-refractivity contribution is 0.473. The average molecular weight is 394 g/mol. The van der Waals surface area contributed by atoms with Gasteiger partial charge in [-0.25, -0.2) is 28.7 Å². The van der Waals surface area contributed by atoms with Crippen molar-refractivity contribution in [3.05, 3.63) is 71.3 Å². The second-order valence-electron chi connectivity index (χ2n) is 7.92. The Morgan fingerprint density at radius 1 is 0.966 bits per heavy atom. The summed E-state index contributed by atoms with van der Waals surface area (Å²) >= 11 is 0. The molecule has 1 aromatic carbocycles. The molecule has 0 radical (unpaired) electrons. The first kappa shape index (κ1) is 19.6. The highest BCUT2D eigenvalue weighted by Gasteiger charge is 2.21. The molecular weight excluding hydrogens is 370 g/mol. The molecule has 0 N–H and O–H groups in total. The first-order chi connectivity index (χ1) is 14.1. The summed E-state index contributed by atoms with van der Waals surface area (Å²) < 4.78 is 28.6. The molecule has 4 nitrogen and oxygen atoms in total. The Bertz CT molecular complexity index is 955. The van der Waals surface area contributed by atoms with Gasteiger partial charge in [0.15, 0.2) is 23.3 Å². The van der Waals surface area contributed by atoms with Gasteiger partial charge in [-0.05, 0) is 53.5 Å². The lowest BCUT2D eigenvalue weighted by Crippen LogP contribution is -2.07. The van der Waals surface area contributed by atoms with Gasteiger partial charge in [0.1, 0.15) is 0 Å². The van der Waals surface area contributed by atoms with E-state index in [9.17, 15) is 8.78 Å². The molecule has 2 aromatic heterocycles. The SMILES string of the molecule is CC(Cc1cnc(-c2ncccn2)nc1)c1cc(F)c(F)c(CC2CCCC2)c1. The maximum Gasteiger partial charge on any atom is 0.197 e. The summed E-state index contributed by atoms with van der Waals surface area (Å²) in [4.78, 5) is 17.0. The average Bonchev–Trinajstić information content (AvgIpc) is 3.25. The predicted octanol–water partition coefficient (Wildman–Crippen LogP) is 5.29. The van der Waals surface area contributed by atoms with Crippen LogP contribution in [0.1, 0.15) is 55.2 Å². The highest BCUT2D eigenvalue weighted by atomic mass is 19.2. The summed E-state index contributed by atoms with van der Waals surface area (Å²) in [6.45, 7) is 2.01. The standard InChI is InChI=1S/C23H24F2N4/c1-15(9-17-13-28-23(29-14-17)22-26-7-4-8-27-22)18-11-19(21(25)20(24)12-18)10-16-5-2-3-6-16/h4,7-8,11-16H,2-3,5-6,9-10H2,1H3. The number of aromatic nitrogens is 4. The molecule has 0 aliphatic heterocycles. The number of hydrogen-bond acceptors (Lipinski definition) is 4. The minimum atomic E-state index is -0.754. The Balaban J connectivity index is 1.49. The number of nitrogens with zero attached hydrogens (tertiary/aromatic N) is 4. The van der Waals surface area contributed by atoms with E-state index in [0.717, 1.165) is 24.0 Å². The maximum absolute atomic E-state index is 14.3. The monoisotopic (exact) mass is 394 g/mol. The van der Waals surface area contributed by atoms with Crippen LogP contribution in [0.2, 0.25) is 0 Å². The molecule has 1 saturated carbocycles. The Labute approximate surface area is 169 Å². The highest BCUT2D eigenvalue weighted by molar-refractivity contribution is 5.41. The highest BCUT2D eigenvalue weighted by Crippen LogP contribution is 2.31. The molecule has 6 heteroatoms. The van der Waals surface area contributed by atoms with E-state index in [1.165, 1.54) is 18.9 Å². The van der Waals surface area contributed by atoms with Gasteiger partial charge in [-0.1, -0.05) is 38.7 Å². The van der Waals surface area contributed by atoms with Gasteiger partial charge in [-0.3, -0.25) is 0 Å². The Morgan fingerprint density at radius 3 is 2.31 bits per heavy atom. The Hall–Kier alpha value is -2.76. The van der Waals surface area contributed by atoms with E-state index < -0.39 is 11.6 Å². The summed E-state index contributed by atoms with van der Waals surface area (Å²) in [7, 11) is 0. The van der Waals surface area contributed by atoms with Gasteiger partial charge in [0, 0.05) is 24.8 Å². The summed E-state index contributed by atoms with van der Waals surface area (Å²) in [5.41, 5.74) is 2.25. The van der Waals surface area contributed by atoms with Crippen LogP contribution in [0.5, 0.6) is 0 Å². The molecule has 0 spiro atoms. The van der Waals surface area contributed by atoms with Crippen molar-refractivity contribution in [2.24, 2.45) is 5.92 Å². The van der Waals surface area contributed by atoms with Crippen molar-refractivity contribution in [1.82, 2.24) is 19.9 Å². The molecule has 0 bridgehead atoms. The molecule has 0 amide bonds. The van der Waals surface area contributed by atoms with Crippen molar-refractivity contribution in [2.45, 2.75) is 51.4 Å². The maximum atomic E-state index is 14.3. The van der Waals surface area contributed by atoms with E-state index in [1.807, 2.05) is 13.0 Å². The predicted molar refractivity (Wildman–Crippen MR) is 107 cm³/mol. The van der Waals surface area contributed by atoms with Crippen LogP contribution in [0.3, 0.4) is 0 Å². The second kappa shape index (κ2) is 8.72. The van der Waals surface area contributed by atoms with Crippen molar-refractivity contribution in [1.29, 1.82) is 0 Å². The summed E-state index contributed by atoms with van der Waals surface area (Å²) in [6, 6.07) is 4.90. The molecule has 1 atom stereocenters. The van der Waals surface area contributed by atoms with Gasteiger partial charge in [-0.15, -0.1) is 0 Å². The van der Waals surface area contributed by atoms with E-state index in [4.69, 9.17) is 0 Å². The fourth-order valence-corrected chi connectivity index (χ4v) is 4.09. The van der Waals surface area contributed by atoms with Gasteiger partial charge in [-0.2, -0.15) is 0 Å². The van der Waals surface area contributed by atoms with Crippen molar-refractivity contribution < 1.29 is 8.78 Å². The van der Waals surface area contributed by atoms with Crippen LogP contribution in [0, 0.1) is 17.6 Å². The van der Waals surface area contributed by atoms with Gasteiger partial charge in [0.25, 0.3) is 0 Å². The van der Waals surface area contributed by atoms with Gasteiger partial charge in [0.2, 0.25) is 0 Å². The van der Waals surface area contributed by atoms with Crippen LogP contribution < -0.4 is 0 Å². The van der Waals surface area contributed by atoms with E-state index >= 15 is 0 Å². The number of rotatable bonds is 6. The van der Waals surface area contributed by atoms with E-state index in [0.29, 0.717) is 36.0 Å². The third-order valence-electron chi connectivity index (χ3n) is 5.69. The molecule has 1 aliphatic carbocycles. The molecule has 1 unspecified atom stereocenters. The summed E-state index contributed by atoms with van der Waals surface area (Å²) in [6.07, 6.45) is 12.6. The largest absolute Gasteiger partial charge is 0.234 e. The molecule has 1 fully saturated rings. The second-order valence-corrected chi connectivity index (χ2v) is 7.92. The zero-order valence-corrected chi connectivity index (χ0v) is 16.5. The fourth-order valence-electron chi connectivity index (χ4n) is 4.09. The van der Waals surface area contributed by atoms with E-state index in [1.54, 1.807) is 30.9 Å². The lowest BCUT2D eigenvalue weighted by atomic mass is 9.90. The Kier molecular flexibility index (Phi) is 5.88. The van der Waals surface area contributed by atoms with Crippen LogP contribution >= 0.6 is 0 Å². The molecule has 29 heavy (non-hydrogen) atoms. The molecule has 0 saturated heterocycles. The zero-order chi connectivity index (χ0) is 20.2. The van der Waals surface area contributed by atoms with Crippen molar-refractivity contribution in [3.8, 4) is 11.6 Å². The van der Waals surface area contributed by atoms with Crippen molar-refractivity contribution in [2.75, 3.05) is 0 Å². The quantitative estimate of drug-likeness (QED) is 0.570. The van der Waals surface area contributed by atoms with Gasteiger partial charge in [0.05, 0.1) is 0 Å². The third kappa shape index (κ3) is 4.63. The number of halogens is 2. The summed E-state index contributed by atoms with van der Waals surface area (Å²) in [5, 5.41) is 0. The minimum Gasteiger partial charge on any atom is -0.234 e. The zero-order valence-electron chi connectivity index (χ0n) is 16.5. The van der Waals surface area contributed by atoms with Gasteiger partial charge < -0.3 is 0 Å². The smallest absolute Gasteiger partial charge is 0.197 e. The molecule has 1 aliphatic rings.